The third-order valence-corrected chi connectivity index (χ3v) is 9.05. The van der Waals surface area contributed by atoms with E-state index in [0.717, 1.165) is 24.8 Å². The molecule has 0 unspecified atom stereocenters. The number of nitrogens with zero attached hydrogens (tertiary/aromatic N) is 1. The Morgan fingerprint density at radius 2 is 1.21 bits per heavy atom. The molecule has 1 aliphatic rings. The number of carboxylic acid groups (broad SMARTS) is 2. The summed E-state index contributed by atoms with van der Waals surface area (Å²) in [4.78, 5) is 27.8. The first-order valence-corrected chi connectivity index (χ1v) is 16.6. The molecule has 2 N–H and O–H groups in total. The predicted molar refractivity (Wildman–Crippen MR) is 172 cm³/mol. The minimum absolute atomic E-state index is 0.133. The minimum Gasteiger partial charge on any atom is -0.494 e. The zero-order valence-corrected chi connectivity index (χ0v) is 27.3. The smallest absolute Gasteiger partial charge is 0.334 e. The van der Waals surface area contributed by atoms with E-state index in [2.05, 4.69) is 6.92 Å². The molecule has 0 atom stereocenters. The molecule has 1 heterocycles. The number of aryl methyl sites for hydroxylation is 1. The molecule has 1 aliphatic heterocycles. The van der Waals surface area contributed by atoms with Crippen LogP contribution in [0.1, 0.15) is 143 Å². The maximum Gasteiger partial charge on any atom is 0.334 e. The highest BCUT2D eigenvalue weighted by Crippen LogP contribution is 2.53. The Morgan fingerprint density at radius 1 is 0.738 bits per heavy atom. The molecule has 1 aromatic carbocycles. The van der Waals surface area contributed by atoms with E-state index < -0.39 is 17.4 Å². The molecule has 236 valence electrons. The molecule has 0 aliphatic carbocycles. The highest BCUT2D eigenvalue weighted by molar-refractivity contribution is 6.01. The number of unbranched alkanes of at least 4 members (excludes halogenated alkanes) is 12. The summed E-state index contributed by atoms with van der Waals surface area (Å²) in [6.45, 7) is 12.5. The van der Waals surface area contributed by atoms with Crippen molar-refractivity contribution in [3.8, 4) is 5.75 Å². The highest BCUT2D eigenvalue weighted by atomic mass is 16.5. The molecule has 42 heavy (non-hydrogen) atoms. The van der Waals surface area contributed by atoms with Gasteiger partial charge >= 0.3 is 11.9 Å². The number of benzene rings is 1. The summed E-state index contributed by atoms with van der Waals surface area (Å²) in [6.07, 6.45) is 17.6. The van der Waals surface area contributed by atoms with Crippen molar-refractivity contribution in [2.75, 3.05) is 13.2 Å². The molecule has 1 aromatic rings. The van der Waals surface area contributed by atoms with Crippen molar-refractivity contribution in [1.82, 2.24) is 4.90 Å². The van der Waals surface area contributed by atoms with E-state index >= 15 is 0 Å². The maximum atomic E-state index is 13.0. The highest BCUT2D eigenvalue weighted by Gasteiger charge is 2.52. The van der Waals surface area contributed by atoms with Crippen LogP contribution in [0.5, 0.6) is 5.75 Å². The zero-order chi connectivity index (χ0) is 31.1. The molecule has 2 rings (SSSR count). The molecular formula is C36H57NO5. The van der Waals surface area contributed by atoms with Crippen molar-refractivity contribution in [3.05, 3.63) is 51.9 Å². The minimum atomic E-state index is -1.32. The SMILES string of the molecule is CCCCCCCCCCCCCCCc1cccc(OCC)c1C1(CC)C(C(=O)O)=C(C)N(CC)C(C)=C1C(=O)O. The second kappa shape index (κ2) is 18.0. The Bertz CT molecular complexity index is 1050. The van der Waals surface area contributed by atoms with Crippen molar-refractivity contribution in [2.45, 2.75) is 143 Å². The molecule has 0 spiro atoms. The van der Waals surface area contributed by atoms with Crippen LogP contribution in [0.2, 0.25) is 0 Å². The van der Waals surface area contributed by atoms with Gasteiger partial charge in [-0.05, 0) is 58.6 Å². The molecule has 0 radical (unpaired) electrons. The number of carbonyl (C=O) groups is 2. The van der Waals surface area contributed by atoms with Crippen molar-refractivity contribution in [3.63, 3.8) is 0 Å². The van der Waals surface area contributed by atoms with E-state index in [1.54, 1.807) is 13.8 Å². The van der Waals surface area contributed by atoms with Crippen LogP contribution in [-0.2, 0) is 21.4 Å². The Labute approximate surface area is 255 Å². The van der Waals surface area contributed by atoms with Crippen LogP contribution in [0.3, 0.4) is 0 Å². The van der Waals surface area contributed by atoms with Gasteiger partial charge in [-0.1, -0.05) is 103 Å². The monoisotopic (exact) mass is 583 g/mol. The fourth-order valence-electron chi connectivity index (χ4n) is 7.07. The van der Waals surface area contributed by atoms with Gasteiger partial charge in [0.15, 0.2) is 0 Å². The lowest BCUT2D eigenvalue weighted by atomic mass is 9.62. The van der Waals surface area contributed by atoms with Crippen LogP contribution in [-0.4, -0.2) is 40.2 Å². The topological polar surface area (TPSA) is 87.1 Å². The molecule has 0 saturated carbocycles. The normalized spacial score (nSPS) is 15.0. The predicted octanol–water partition coefficient (Wildman–Crippen LogP) is 9.42. The lowest BCUT2D eigenvalue weighted by Crippen LogP contribution is -2.46. The van der Waals surface area contributed by atoms with E-state index in [1.807, 2.05) is 43.9 Å². The Kier molecular flexibility index (Phi) is 15.2. The summed E-state index contributed by atoms with van der Waals surface area (Å²) < 4.78 is 6.11. The van der Waals surface area contributed by atoms with Crippen LogP contribution in [0.15, 0.2) is 40.7 Å². The Morgan fingerprint density at radius 3 is 1.62 bits per heavy atom. The average molecular weight is 584 g/mol. The average Bonchev–Trinajstić information content (AvgIpc) is 2.95. The first-order valence-electron chi connectivity index (χ1n) is 16.6. The lowest BCUT2D eigenvalue weighted by molar-refractivity contribution is -0.134. The van der Waals surface area contributed by atoms with Gasteiger partial charge in [0.1, 0.15) is 5.75 Å². The summed E-state index contributed by atoms with van der Waals surface area (Å²) in [5, 5.41) is 21.2. The summed E-state index contributed by atoms with van der Waals surface area (Å²) >= 11 is 0. The largest absolute Gasteiger partial charge is 0.494 e. The van der Waals surface area contributed by atoms with Crippen molar-refractivity contribution < 1.29 is 24.5 Å². The summed E-state index contributed by atoms with van der Waals surface area (Å²) in [6, 6.07) is 5.84. The van der Waals surface area contributed by atoms with E-state index in [1.165, 1.54) is 70.6 Å². The summed E-state index contributed by atoms with van der Waals surface area (Å²) in [5.41, 5.74) is 1.81. The molecule has 0 bridgehead atoms. The van der Waals surface area contributed by atoms with Gasteiger partial charge in [0, 0.05) is 23.5 Å². The van der Waals surface area contributed by atoms with Crippen molar-refractivity contribution in [1.29, 1.82) is 0 Å². The number of ether oxygens (including phenoxy) is 1. The van der Waals surface area contributed by atoms with Gasteiger partial charge in [-0.2, -0.15) is 0 Å². The third-order valence-electron chi connectivity index (χ3n) is 9.05. The van der Waals surface area contributed by atoms with Gasteiger partial charge in [-0.3, -0.25) is 0 Å². The first kappa shape index (κ1) is 35.4. The number of aliphatic carboxylic acids is 2. The lowest BCUT2D eigenvalue weighted by Gasteiger charge is -2.45. The molecule has 0 aromatic heterocycles. The second-order valence-corrected chi connectivity index (χ2v) is 11.8. The zero-order valence-electron chi connectivity index (χ0n) is 27.3. The molecule has 0 amide bonds. The standard InChI is InChI=1S/C36H57NO5/c1-7-11-12-13-14-15-16-17-18-19-20-21-22-24-29-25-23-26-30(42-10-4)33(29)36(8-2)31(34(38)39)27(5)37(9-3)28(6)32(36)35(40)41/h23,25-26H,7-22,24H2,1-6H3,(H,38,39)(H,40,41). The van der Waals surface area contributed by atoms with Gasteiger partial charge in [0.2, 0.25) is 0 Å². The summed E-state index contributed by atoms with van der Waals surface area (Å²) in [5.74, 6) is -1.59. The van der Waals surface area contributed by atoms with Gasteiger partial charge in [0.25, 0.3) is 0 Å². The van der Waals surface area contributed by atoms with E-state index in [4.69, 9.17) is 4.74 Å². The molecule has 6 heteroatoms. The van der Waals surface area contributed by atoms with Crippen LogP contribution >= 0.6 is 0 Å². The summed E-state index contributed by atoms with van der Waals surface area (Å²) in [7, 11) is 0. The number of rotatable bonds is 21. The van der Waals surface area contributed by atoms with E-state index in [9.17, 15) is 19.8 Å². The fraction of sp³-hybridized carbons (Fsp3) is 0.667. The van der Waals surface area contributed by atoms with Crippen LogP contribution in [0.4, 0.5) is 0 Å². The second-order valence-electron chi connectivity index (χ2n) is 11.8. The quantitative estimate of drug-likeness (QED) is 0.140. The van der Waals surface area contributed by atoms with Crippen molar-refractivity contribution >= 4 is 11.9 Å². The van der Waals surface area contributed by atoms with Gasteiger partial charge < -0.3 is 19.8 Å². The maximum absolute atomic E-state index is 13.0. The number of hydrogen-bond donors (Lipinski definition) is 2. The fourth-order valence-corrected chi connectivity index (χ4v) is 7.07. The van der Waals surface area contributed by atoms with E-state index in [-0.39, 0.29) is 11.1 Å². The van der Waals surface area contributed by atoms with Crippen LogP contribution in [0.25, 0.3) is 0 Å². The number of carboxylic acids is 2. The van der Waals surface area contributed by atoms with Gasteiger partial charge in [-0.15, -0.1) is 0 Å². The van der Waals surface area contributed by atoms with Crippen LogP contribution in [0, 0.1) is 0 Å². The van der Waals surface area contributed by atoms with Gasteiger partial charge in [0.05, 0.1) is 23.2 Å². The molecule has 6 nitrogen and oxygen atoms in total. The van der Waals surface area contributed by atoms with E-state index in [0.29, 0.717) is 42.3 Å². The Balaban J connectivity index is 2.27. The molecular weight excluding hydrogens is 526 g/mol. The molecule has 0 saturated heterocycles. The first-order chi connectivity index (χ1) is 20.2. The van der Waals surface area contributed by atoms with Crippen LogP contribution < -0.4 is 4.74 Å². The van der Waals surface area contributed by atoms with Crippen molar-refractivity contribution in [2.24, 2.45) is 0 Å². The van der Waals surface area contributed by atoms with Gasteiger partial charge in [-0.25, -0.2) is 9.59 Å². The Hall–Kier alpha value is -2.76. The third kappa shape index (κ3) is 8.41. The molecule has 0 fully saturated rings. The number of hydrogen-bond acceptors (Lipinski definition) is 4. The number of allylic oxidation sites excluding steroid dienone is 2.